The lowest BCUT2D eigenvalue weighted by Gasteiger charge is -2.11. The van der Waals surface area contributed by atoms with Gasteiger partial charge in [0.25, 0.3) is 0 Å². The van der Waals surface area contributed by atoms with E-state index in [4.69, 9.17) is 22.1 Å². The zero-order chi connectivity index (χ0) is 18.6. The van der Waals surface area contributed by atoms with Crippen LogP contribution in [0.4, 0.5) is 0 Å². The van der Waals surface area contributed by atoms with Gasteiger partial charge in [-0.05, 0) is 56.2 Å². The summed E-state index contributed by atoms with van der Waals surface area (Å²) in [4.78, 5) is 12.1. The Bertz CT molecular complexity index is 861. The molecule has 0 bridgehead atoms. The molecule has 7 heteroatoms. The molecule has 0 saturated heterocycles. The van der Waals surface area contributed by atoms with Gasteiger partial charge in [-0.3, -0.25) is 0 Å². The van der Waals surface area contributed by atoms with Crippen LogP contribution in [0.3, 0.4) is 0 Å². The van der Waals surface area contributed by atoms with Crippen molar-refractivity contribution in [2.24, 2.45) is 5.73 Å². The van der Waals surface area contributed by atoms with Gasteiger partial charge >= 0.3 is 5.97 Å². The van der Waals surface area contributed by atoms with Crippen molar-refractivity contribution in [2.45, 2.75) is 36.1 Å². The highest BCUT2D eigenvalue weighted by Crippen LogP contribution is 2.27. The molecule has 0 aromatic heterocycles. The number of hydrogen-bond donors (Lipinski definition) is 1. The van der Waals surface area contributed by atoms with Gasteiger partial charge in [0.15, 0.2) is 0 Å². The predicted octanol–water partition coefficient (Wildman–Crippen LogP) is 3.24. The zero-order valence-electron chi connectivity index (χ0n) is 14.0. The molecule has 2 N–H and O–H groups in total. The van der Waals surface area contributed by atoms with E-state index in [0.29, 0.717) is 6.42 Å². The average molecular weight is 382 g/mol. The number of halogens is 1. The summed E-state index contributed by atoms with van der Waals surface area (Å²) in [5, 5.41) is 0.259. The van der Waals surface area contributed by atoms with Crippen LogP contribution >= 0.6 is 11.6 Å². The first-order valence-corrected chi connectivity index (χ1v) is 9.68. The number of carbonyl (C=O) groups is 1. The highest BCUT2D eigenvalue weighted by molar-refractivity contribution is 7.91. The van der Waals surface area contributed by atoms with E-state index < -0.39 is 15.8 Å². The van der Waals surface area contributed by atoms with Crippen LogP contribution in [0, 0.1) is 0 Å². The van der Waals surface area contributed by atoms with Gasteiger partial charge in [-0.15, -0.1) is 0 Å². The van der Waals surface area contributed by atoms with E-state index in [0.717, 1.165) is 5.56 Å². The summed E-state index contributed by atoms with van der Waals surface area (Å²) in [6.07, 6.45) is 0.648. The van der Waals surface area contributed by atoms with Gasteiger partial charge in [0.1, 0.15) is 0 Å². The lowest BCUT2D eigenvalue weighted by Crippen LogP contribution is -2.17. The Hall–Kier alpha value is -1.89. The summed E-state index contributed by atoms with van der Waals surface area (Å²) in [5.74, 6) is -0.725. The Morgan fingerprint density at radius 1 is 1.20 bits per heavy atom. The Morgan fingerprint density at radius 2 is 1.84 bits per heavy atom. The number of hydrogen-bond acceptors (Lipinski definition) is 5. The fraction of sp³-hybridized carbons (Fsp3) is 0.278. The van der Waals surface area contributed by atoms with Gasteiger partial charge < -0.3 is 10.5 Å². The number of ether oxygens (including phenoxy) is 1. The summed E-state index contributed by atoms with van der Waals surface area (Å²) < 4.78 is 30.8. The van der Waals surface area contributed by atoms with Gasteiger partial charge in [0.05, 0.1) is 22.0 Å². The standard InChI is InChI=1S/C18H20ClNO4S/c1-3-24-18(21)16-11-14(19)6-9-17(16)25(22,23)15-7-4-13(5-8-15)10-12(2)20/h4-9,11-12H,3,10,20H2,1-2H3. The Morgan fingerprint density at radius 3 is 2.40 bits per heavy atom. The zero-order valence-corrected chi connectivity index (χ0v) is 15.6. The van der Waals surface area contributed by atoms with Crippen LogP contribution < -0.4 is 5.73 Å². The molecule has 0 aliphatic carbocycles. The first-order chi connectivity index (χ1) is 11.8. The summed E-state index contributed by atoms with van der Waals surface area (Å²) in [7, 11) is -3.89. The quantitative estimate of drug-likeness (QED) is 0.776. The fourth-order valence-electron chi connectivity index (χ4n) is 2.41. The first-order valence-electron chi connectivity index (χ1n) is 7.82. The second kappa shape index (κ2) is 7.99. The van der Waals surface area contributed by atoms with Gasteiger partial charge in [0.2, 0.25) is 9.84 Å². The molecule has 0 aliphatic heterocycles. The van der Waals surface area contributed by atoms with Crippen LogP contribution in [0.2, 0.25) is 5.02 Å². The van der Waals surface area contributed by atoms with Gasteiger partial charge in [-0.25, -0.2) is 13.2 Å². The number of esters is 1. The molecular formula is C18H20ClNO4S. The van der Waals surface area contributed by atoms with Crippen molar-refractivity contribution in [3.8, 4) is 0 Å². The minimum Gasteiger partial charge on any atom is -0.462 e. The molecule has 0 amide bonds. The van der Waals surface area contributed by atoms with E-state index in [-0.39, 0.29) is 33.0 Å². The molecule has 2 aromatic rings. The highest BCUT2D eigenvalue weighted by Gasteiger charge is 2.25. The maximum absolute atomic E-state index is 12.9. The topological polar surface area (TPSA) is 86.5 Å². The monoisotopic (exact) mass is 381 g/mol. The van der Waals surface area contributed by atoms with Gasteiger partial charge in [0, 0.05) is 11.1 Å². The van der Waals surface area contributed by atoms with Crippen molar-refractivity contribution in [1.82, 2.24) is 0 Å². The third-order valence-corrected chi connectivity index (χ3v) is 5.58. The van der Waals surface area contributed by atoms with Gasteiger partial charge in [-0.1, -0.05) is 23.7 Å². The second-order valence-electron chi connectivity index (χ2n) is 5.69. The number of benzene rings is 2. The highest BCUT2D eigenvalue weighted by atomic mass is 35.5. The van der Waals surface area contributed by atoms with E-state index in [1.54, 1.807) is 19.1 Å². The minimum absolute atomic E-state index is 0.0193. The smallest absolute Gasteiger partial charge is 0.339 e. The third kappa shape index (κ3) is 4.60. The predicted molar refractivity (Wildman–Crippen MR) is 96.7 cm³/mol. The second-order valence-corrected chi connectivity index (χ2v) is 8.04. The number of rotatable bonds is 6. The van der Waals surface area contributed by atoms with E-state index >= 15 is 0 Å². The van der Waals surface area contributed by atoms with Crippen molar-refractivity contribution in [1.29, 1.82) is 0 Å². The van der Waals surface area contributed by atoms with Crippen molar-refractivity contribution < 1.29 is 17.9 Å². The Balaban J connectivity index is 2.47. The molecule has 0 radical (unpaired) electrons. The van der Waals surface area contributed by atoms with Crippen LogP contribution in [-0.2, 0) is 21.0 Å². The molecular weight excluding hydrogens is 362 g/mol. The molecule has 0 saturated carbocycles. The number of carbonyl (C=O) groups excluding carboxylic acids is 1. The Kier molecular flexibility index (Phi) is 6.21. The molecule has 1 unspecified atom stereocenters. The third-order valence-electron chi connectivity index (χ3n) is 3.52. The van der Waals surface area contributed by atoms with Crippen molar-refractivity contribution >= 4 is 27.4 Å². The first kappa shape index (κ1) is 19.4. The molecule has 2 aromatic carbocycles. The molecule has 2 rings (SSSR count). The van der Waals surface area contributed by atoms with Gasteiger partial charge in [-0.2, -0.15) is 0 Å². The summed E-state index contributed by atoms with van der Waals surface area (Å²) in [6.45, 7) is 3.66. The molecule has 0 heterocycles. The SMILES string of the molecule is CCOC(=O)c1cc(Cl)ccc1S(=O)(=O)c1ccc(CC(C)N)cc1. The lowest BCUT2D eigenvalue weighted by atomic mass is 10.1. The molecule has 0 aliphatic rings. The van der Waals surface area contributed by atoms with Crippen LogP contribution in [-0.4, -0.2) is 27.0 Å². The van der Waals surface area contributed by atoms with E-state index in [9.17, 15) is 13.2 Å². The van der Waals surface area contributed by atoms with E-state index in [2.05, 4.69) is 0 Å². The summed E-state index contributed by atoms with van der Waals surface area (Å²) in [6, 6.07) is 10.5. The van der Waals surface area contributed by atoms with Crippen LogP contribution in [0.1, 0.15) is 29.8 Å². The maximum atomic E-state index is 12.9. The van der Waals surface area contributed by atoms with Crippen molar-refractivity contribution in [2.75, 3.05) is 6.61 Å². The maximum Gasteiger partial charge on any atom is 0.339 e. The Labute approximate surface area is 152 Å². The van der Waals surface area contributed by atoms with Crippen molar-refractivity contribution in [3.63, 3.8) is 0 Å². The van der Waals surface area contributed by atoms with E-state index in [1.807, 2.05) is 6.92 Å². The molecule has 5 nitrogen and oxygen atoms in total. The molecule has 0 spiro atoms. The van der Waals surface area contributed by atoms with Crippen molar-refractivity contribution in [3.05, 3.63) is 58.6 Å². The van der Waals surface area contributed by atoms with E-state index in [1.165, 1.54) is 30.3 Å². The normalized spacial score (nSPS) is 12.6. The molecule has 0 fully saturated rings. The summed E-state index contributed by atoms with van der Waals surface area (Å²) in [5.41, 5.74) is 6.62. The lowest BCUT2D eigenvalue weighted by molar-refractivity contribution is 0.0522. The van der Waals surface area contributed by atoms with Crippen LogP contribution in [0.25, 0.3) is 0 Å². The molecule has 25 heavy (non-hydrogen) atoms. The summed E-state index contributed by atoms with van der Waals surface area (Å²) >= 11 is 5.91. The fourth-order valence-corrected chi connectivity index (χ4v) is 4.01. The number of nitrogens with two attached hydrogens (primary N) is 1. The largest absolute Gasteiger partial charge is 0.462 e. The average Bonchev–Trinajstić information content (AvgIpc) is 2.54. The molecule has 1 atom stereocenters. The van der Waals surface area contributed by atoms with Crippen LogP contribution in [0.15, 0.2) is 52.3 Å². The number of sulfone groups is 1. The molecule has 134 valence electrons. The minimum atomic E-state index is -3.89. The van der Waals surface area contributed by atoms with Crippen LogP contribution in [0.5, 0.6) is 0 Å².